The number of benzene rings is 1. The number of nitro groups is 1. The highest BCUT2D eigenvalue weighted by Crippen LogP contribution is 2.31. The summed E-state index contributed by atoms with van der Waals surface area (Å²) in [5.74, 6) is -0.210. The van der Waals surface area contributed by atoms with Crippen LogP contribution in [0.15, 0.2) is 18.2 Å². The summed E-state index contributed by atoms with van der Waals surface area (Å²) in [6.45, 7) is 0. The van der Waals surface area contributed by atoms with E-state index < -0.39 is 4.92 Å². The standard InChI is InChI=1S/C17H23N3O3/c21-17(19-13-5-3-1-2-4-6-13)12-7-10-15(18-14-8-9-14)16(11-12)20(22)23/h7,10-11,13-14,18H,1-6,8-9H2,(H,19,21). The van der Waals surface area contributed by atoms with Gasteiger partial charge in [0.1, 0.15) is 5.69 Å². The molecule has 2 fully saturated rings. The maximum absolute atomic E-state index is 12.4. The summed E-state index contributed by atoms with van der Waals surface area (Å²) >= 11 is 0. The van der Waals surface area contributed by atoms with Crippen LogP contribution in [-0.4, -0.2) is 22.9 Å². The molecule has 23 heavy (non-hydrogen) atoms. The molecule has 6 heteroatoms. The molecule has 1 aromatic carbocycles. The maximum Gasteiger partial charge on any atom is 0.293 e. The first-order valence-corrected chi connectivity index (χ1v) is 8.49. The van der Waals surface area contributed by atoms with Gasteiger partial charge in [-0.05, 0) is 37.8 Å². The lowest BCUT2D eigenvalue weighted by atomic mass is 10.1. The van der Waals surface area contributed by atoms with Crippen molar-refractivity contribution in [1.29, 1.82) is 0 Å². The predicted molar refractivity (Wildman–Crippen MR) is 88.7 cm³/mol. The highest BCUT2D eigenvalue weighted by atomic mass is 16.6. The average molecular weight is 317 g/mol. The van der Waals surface area contributed by atoms with Gasteiger partial charge in [0.2, 0.25) is 0 Å². The number of hydrogen-bond donors (Lipinski definition) is 2. The second kappa shape index (κ2) is 6.98. The Morgan fingerprint density at radius 3 is 2.35 bits per heavy atom. The first kappa shape index (κ1) is 15.8. The first-order valence-electron chi connectivity index (χ1n) is 8.49. The van der Waals surface area contributed by atoms with Gasteiger partial charge in [-0.25, -0.2) is 0 Å². The van der Waals surface area contributed by atoms with Gasteiger partial charge in [-0.3, -0.25) is 14.9 Å². The Morgan fingerprint density at radius 2 is 1.74 bits per heavy atom. The van der Waals surface area contributed by atoms with Crippen molar-refractivity contribution in [3.05, 3.63) is 33.9 Å². The van der Waals surface area contributed by atoms with Crippen molar-refractivity contribution in [2.45, 2.75) is 63.5 Å². The van der Waals surface area contributed by atoms with Crippen molar-refractivity contribution < 1.29 is 9.72 Å². The van der Waals surface area contributed by atoms with E-state index in [1.165, 1.54) is 18.9 Å². The molecular weight excluding hydrogens is 294 g/mol. The monoisotopic (exact) mass is 317 g/mol. The van der Waals surface area contributed by atoms with E-state index in [0.29, 0.717) is 17.3 Å². The van der Waals surface area contributed by atoms with E-state index >= 15 is 0 Å². The first-order chi connectivity index (χ1) is 11.1. The molecule has 2 saturated carbocycles. The zero-order chi connectivity index (χ0) is 16.2. The smallest absolute Gasteiger partial charge is 0.293 e. The molecule has 6 nitrogen and oxygen atoms in total. The number of amides is 1. The number of hydrogen-bond acceptors (Lipinski definition) is 4. The van der Waals surface area contributed by atoms with Gasteiger partial charge in [-0.2, -0.15) is 0 Å². The lowest BCUT2D eigenvalue weighted by Crippen LogP contribution is -2.34. The Morgan fingerprint density at radius 1 is 1.04 bits per heavy atom. The van der Waals surface area contributed by atoms with E-state index in [1.54, 1.807) is 12.1 Å². The second-order valence-corrected chi connectivity index (χ2v) is 6.57. The van der Waals surface area contributed by atoms with Crippen LogP contribution >= 0.6 is 0 Å². The van der Waals surface area contributed by atoms with E-state index in [1.807, 2.05) is 0 Å². The molecule has 0 spiro atoms. The third kappa shape index (κ3) is 4.21. The SMILES string of the molecule is O=C(NC1CCCCCC1)c1ccc(NC2CC2)c([N+](=O)[O-])c1. The topological polar surface area (TPSA) is 84.3 Å². The Labute approximate surface area is 135 Å². The van der Waals surface area contributed by atoms with Crippen LogP contribution in [0.3, 0.4) is 0 Å². The second-order valence-electron chi connectivity index (χ2n) is 6.57. The summed E-state index contributed by atoms with van der Waals surface area (Å²) in [6.07, 6.45) is 8.79. The van der Waals surface area contributed by atoms with Crippen molar-refractivity contribution in [3.8, 4) is 0 Å². The molecule has 1 amide bonds. The lowest BCUT2D eigenvalue weighted by molar-refractivity contribution is -0.384. The van der Waals surface area contributed by atoms with Gasteiger partial charge in [0.25, 0.3) is 11.6 Å². The van der Waals surface area contributed by atoms with E-state index in [2.05, 4.69) is 10.6 Å². The predicted octanol–water partition coefficient (Wildman–Crippen LogP) is 3.62. The lowest BCUT2D eigenvalue weighted by Gasteiger charge is -2.16. The molecule has 0 saturated heterocycles. The summed E-state index contributed by atoms with van der Waals surface area (Å²) < 4.78 is 0. The molecule has 124 valence electrons. The summed E-state index contributed by atoms with van der Waals surface area (Å²) in [6, 6.07) is 5.23. The van der Waals surface area contributed by atoms with Crippen LogP contribution in [0.5, 0.6) is 0 Å². The molecule has 0 atom stereocenters. The zero-order valence-electron chi connectivity index (χ0n) is 13.2. The Kier molecular flexibility index (Phi) is 4.79. The molecule has 2 aliphatic carbocycles. The fraction of sp³-hybridized carbons (Fsp3) is 0.588. The molecule has 1 aromatic rings. The zero-order valence-corrected chi connectivity index (χ0v) is 13.2. The molecule has 0 aliphatic heterocycles. The van der Waals surface area contributed by atoms with Crippen molar-refractivity contribution in [2.75, 3.05) is 5.32 Å². The van der Waals surface area contributed by atoms with Crippen molar-refractivity contribution in [2.24, 2.45) is 0 Å². The van der Waals surface area contributed by atoms with Crippen LogP contribution < -0.4 is 10.6 Å². The fourth-order valence-electron chi connectivity index (χ4n) is 3.09. The van der Waals surface area contributed by atoms with Crippen LogP contribution in [0.4, 0.5) is 11.4 Å². The minimum Gasteiger partial charge on any atom is -0.377 e. The van der Waals surface area contributed by atoms with Gasteiger partial charge in [-0.1, -0.05) is 25.7 Å². The van der Waals surface area contributed by atoms with E-state index in [9.17, 15) is 14.9 Å². The van der Waals surface area contributed by atoms with Crippen molar-refractivity contribution in [1.82, 2.24) is 5.32 Å². The highest BCUT2D eigenvalue weighted by Gasteiger charge is 2.26. The Balaban J connectivity index is 1.71. The molecule has 0 bridgehead atoms. The fourth-order valence-corrected chi connectivity index (χ4v) is 3.09. The quantitative estimate of drug-likeness (QED) is 0.493. The number of rotatable bonds is 5. The number of nitrogens with zero attached hydrogens (tertiary/aromatic N) is 1. The van der Waals surface area contributed by atoms with Crippen molar-refractivity contribution >= 4 is 17.3 Å². The molecular formula is C17H23N3O3. The number of carbonyl (C=O) groups is 1. The van der Waals surface area contributed by atoms with Crippen molar-refractivity contribution in [3.63, 3.8) is 0 Å². The highest BCUT2D eigenvalue weighted by molar-refractivity contribution is 5.96. The third-order valence-electron chi connectivity index (χ3n) is 4.58. The van der Waals surface area contributed by atoms with Gasteiger partial charge in [0.15, 0.2) is 0 Å². The third-order valence-corrected chi connectivity index (χ3v) is 4.58. The minimum absolute atomic E-state index is 0.0228. The molecule has 3 rings (SSSR count). The summed E-state index contributed by atoms with van der Waals surface area (Å²) in [5, 5.41) is 17.4. The number of nitrogens with one attached hydrogen (secondary N) is 2. The average Bonchev–Trinajstić information content (AvgIpc) is 3.35. The van der Waals surface area contributed by atoms with Crippen LogP contribution in [0, 0.1) is 10.1 Å². The van der Waals surface area contributed by atoms with Gasteiger partial charge in [0.05, 0.1) is 4.92 Å². The summed E-state index contributed by atoms with van der Waals surface area (Å²) in [4.78, 5) is 23.2. The maximum atomic E-state index is 12.4. The van der Waals surface area contributed by atoms with Crippen LogP contribution in [0.25, 0.3) is 0 Å². The minimum atomic E-state index is -0.423. The van der Waals surface area contributed by atoms with Crippen LogP contribution in [0.2, 0.25) is 0 Å². The molecule has 0 heterocycles. The molecule has 2 aliphatic rings. The van der Waals surface area contributed by atoms with Crippen LogP contribution in [0.1, 0.15) is 61.7 Å². The normalized spacial score (nSPS) is 19.0. The Hall–Kier alpha value is -2.11. The van der Waals surface area contributed by atoms with Gasteiger partial charge < -0.3 is 10.6 Å². The van der Waals surface area contributed by atoms with Crippen LogP contribution in [-0.2, 0) is 0 Å². The largest absolute Gasteiger partial charge is 0.377 e. The molecule has 2 N–H and O–H groups in total. The summed E-state index contributed by atoms with van der Waals surface area (Å²) in [5.41, 5.74) is 0.844. The van der Waals surface area contributed by atoms with Gasteiger partial charge in [-0.15, -0.1) is 0 Å². The Bertz CT molecular complexity index is 591. The molecule has 0 unspecified atom stereocenters. The van der Waals surface area contributed by atoms with E-state index in [4.69, 9.17) is 0 Å². The van der Waals surface area contributed by atoms with E-state index in [0.717, 1.165) is 38.5 Å². The summed E-state index contributed by atoms with van der Waals surface area (Å²) in [7, 11) is 0. The number of nitro benzene ring substituents is 1. The number of anilines is 1. The molecule has 0 radical (unpaired) electrons. The number of carbonyl (C=O) groups excluding carboxylic acids is 1. The van der Waals surface area contributed by atoms with Gasteiger partial charge in [0, 0.05) is 23.7 Å². The molecule has 0 aromatic heterocycles. The van der Waals surface area contributed by atoms with E-state index in [-0.39, 0.29) is 17.6 Å². The van der Waals surface area contributed by atoms with Gasteiger partial charge >= 0.3 is 0 Å².